The van der Waals surface area contributed by atoms with Crippen LogP contribution < -0.4 is 0 Å². The van der Waals surface area contributed by atoms with E-state index in [9.17, 15) is 0 Å². The first-order chi connectivity index (χ1) is 7.72. The molecule has 0 aliphatic heterocycles. The van der Waals surface area contributed by atoms with Crippen molar-refractivity contribution in [2.45, 2.75) is 39.5 Å². The third kappa shape index (κ3) is 5.32. The van der Waals surface area contributed by atoms with Crippen molar-refractivity contribution in [3.63, 3.8) is 0 Å². The molecule has 0 unspecified atom stereocenters. The molecule has 1 nitrogen and oxygen atoms in total. The summed E-state index contributed by atoms with van der Waals surface area (Å²) in [5, 5.41) is 0. The van der Waals surface area contributed by atoms with Crippen molar-refractivity contribution in [2.75, 3.05) is 20.1 Å². The Kier molecular flexibility index (Phi) is 6.17. The van der Waals surface area contributed by atoms with Gasteiger partial charge in [0.1, 0.15) is 0 Å². The Balaban J connectivity index is 2.40. The summed E-state index contributed by atoms with van der Waals surface area (Å²) in [6, 6.07) is 0. The van der Waals surface area contributed by atoms with Crippen molar-refractivity contribution < 1.29 is 0 Å². The van der Waals surface area contributed by atoms with Crippen molar-refractivity contribution in [2.24, 2.45) is 0 Å². The van der Waals surface area contributed by atoms with Gasteiger partial charge in [-0.3, -0.25) is 0 Å². The van der Waals surface area contributed by atoms with Crippen molar-refractivity contribution in [1.82, 2.24) is 4.90 Å². The molecule has 90 valence electrons. The highest BCUT2D eigenvalue weighted by Gasteiger charge is 1.99. The molecule has 16 heavy (non-hydrogen) atoms. The first-order valence-electron chi connectivity index (χ1n) is 6.44. The third-order valence-corrected chi connectivity index (χ3v) is 3.08. The SMILES string of the molecule is CCN(C)CCCC1=CCC/C=C/C(C)=C1. The van der Waals surface area contributed by atoms with Crippen LogP contribution in [0.2, 0.25) is 0 Å². The normalized spacial score (nSPS) is 18.8. The van der Waals surface area contributed by atoms with Gasteiger partial charge in [-0.2, -0.15) is 0 Å². The second-order valence-corrected chi connectivity index (χ2v) is 4.65. The monoisotopic (exact) mass is 219 g/mol. The lowest BCUT2D eigenvalue weighted by atomic mass is 10.0. The second-order valence-electron chi connectivity index (χ2n) is 4.65. The van der Waals surface area contributed by atoms with E-state index in [1.54, 1.807) is 0 Å². The van der Waals surface area contributed by atoms with Gasteiger partial charge in [0.2, 0.25) is 0 Å². The van der Waals surface area contributed by atoms with E-state index < -0.39 is 0 Å². The van der Waals surface area contributed by atoms with Crippen molar-refractivity contribution in [1.29, 1.82) is 0 Å². The fourth-order valence-electron chi connectivity index (χ4n) is 1.92. The van der Waals surface area contributed by atoms with Crippen LogP contribution in [0.5, 0.6) is 0 Å². The van der Waals surface area contributed by atoms with E-state index in [4.69, 9.17) is 0 Å². The third-order valence-electron chi connectivity index (χ3n) is 3.08. The van der Waals surface area contributed by atoms with Gasteiger partial charge in [-0.05, 0) is 52.7 Å². The number of nitrogens with zero attached hydrogens (tertiary/aromatic N) is 1. The molecule has 0 aromatic carbocycles. The summed E-state index contributed by atoms with van der Waals surface area (Å²) in [6.07, 6.45) is 14.1. The van der Waals surface area contributed by atoms with Gasteiger partial charge >= 0.3 is 0 Å². The first-order valence-corrected chi connectivity index (χ1v) is 6.44. The van der Waals surface area contributed by atoms with Gasteiger partial charge in [0.05, 0.1) is 0 Å². The molecule has 1 aliphatic carbocycles. The van der Waals surface area contributed by atoms with E-state index in [1.165, 1.54) is 43.4 Å². The number of hydrogen-bond donors (Lipinski definition) is 0. The predicted octanol–water partition coefficient (Wildman–Crippen LogP) is 3.94. The molecule has 0 radical (unpaired) electrons. The molecule has 0 fully saturated rings. The second kappa shape index (κ2) is 7.45. The summed E-state index contributed by atoms with van der Waals surface area (Å²) in [4.78, 5) is 2.37. The largest absolute Gasteiger partial charge is 0.307 e. The Bertz CT molecular complexity index is 284. The van der Waals surface area contributed by atoms with Crippen LogP contribution in [0.1, 0.15) is 39.5 Å². The molecular formula is C15H25N. The van der Waals surface area contributed by atoms with E-state index in [-0.39, 0.29) is 0 Å². The standard InChI is InChI=1S/C15H25N/c1-4-16(3)12-8-11-15-10-7-5-6-9-14(2)13-15/h6,9-10,13H,4-5,7-8,11-12H2,1-3H3/b9-6+,14-13?,15-10?. The van der Waals surface area contributed by atoms with Crippen molar-refractivity contribution in [3.05, 3.63) is 35.5 Å². The van der Waals surface area contributed by atoms with E-state index in [0.29, 0.717) is 0 Å². The number of hydrogen-bond acceptors (Lipinski definition) is 1. The van der Waals surface area contributed by atoms with Crippen LogP contribution in [0.4, 0.5) is 0 Å². The molecule has 0 atom stereocenters. The molecule has 0 spiro atoms. The Morgan fingerprint density at radius 1 is 1.31 bits per heavy atom. The highest BCUT2D eigenvalue weighted by atomic mass is 15.1. The van der Waals surface area contributed by atoms with E-state index in [2.05, 4.69) is 50.1 Å². The van der Waals surface area contributed by atoms with Gasteiger partial charge in [0.15, 0.2) is 0 Å². The van der Waals surface area contributed by atoms with Gasteiger partial charge in [-0.1, -0.05) is 42.4 Å². The summed E-state index contributed by atoms with van der Waals surface area (Å²) in [6.45, 7) is 6.75. The maximum Gasteiger partial charge on any atom is -0.00187 e. The lowest BCUT2D eigenvalue weighted by molar-refractivity contribution is 0.347. The maximum atomic E-state index is 2.40. The van der Waals surface area contributed by atoms with Gasteiger partial charge in [0.25, 0.3) is 0 Å². The molecule has 0 N–H and O–H groups in total. The molecular weight excluding hydrogens is 194 g/mol. The van der Waals surface area contributed by atoms with Crippen LogP contribution in [-0.4, -0.2) is 25.0 Å². The average molecular weight is 219 g/mol. The summed E-state index contributed by atoms with van der Waals surface area (Å²) >= 11 is 0. The van der Waals surface area contributed by atoms with E-state index in [1.807, 2.05) is 0 Å². The minimum absolute atomic E-state index is 1.15. The van der Waals surface area contributed by atoms with Crippen LogP contribution >= 0.6 is 0 Å². The molecule has 0 bridgehead atoms. The summed E-state index contributed by atoms with van der Waals surface area (Å²) < 4.78 is 0. The van der Waals surface area contributed by atoms with Gasteiger partial charge in [0, 0.05) is 0 Å². The lowest BCUT2D eigenvalue weighted by Crippen LogP contribution is -2.18. The van der Waals surface area contributed by atoms with Crippen LogP contribution in [0.3, 0.4) is 0 Å². The zero-order valence-electron chi connectivity index (χ0n) is 11.0. The molecule has 1 rings (SSSR count). The van der Waals surface area contributed by atoms with Crippen LogP contribution in [0, 0.1) is 0 Å². The Hall–Kier alpha value is -0.820. The zero-order chi connectivity index (χ0) is 11.8. The molecule has 1 aliphatic rings. The minimum Gasteiger partial charge on any atom is -0.307 e. The minimum atomic E-state index is 1.15. The summed E-state index contributed by atoms with van der Waals surface area (Å²) in [7, 11) is 2.19. The van der Waals surface area contributed by atoms with Crippen LogP contribution in [-0.2, 0) is 0 Å². The molecule has 0 saturated heterocycles. The quantitative estimate of drug-likeness (QED) is 0.677. The van der Waals surface area contributed by atoms with E-state index in [0.717, 1.165) is 6.54 Å². The molecule has 0 heterocycles. The molecule has 0 aromatic rings. The first kappa shape index (κ1) is 13.2. The Morgan fingerprint density at radius 3 is 2.88 bits per heavy atom. The topological polar surface area (TPSA) is 3.24 Å². The zero-order valence-corrected chi connectivity index (χ0v) is 11.0. The predicted molar refractivity (Wildman–Crippen MR) is 72.6 cm³/mol. The van der Waals surface area contributed by atoms with Crippen molar-refractivity contribution in [3.8, 4) is 0 Å². The van der Waals surface area contributed by atoms with Crippen LogP contribution in [0.25, 0.3) is 0 Å². The highest BCUT2D eigenvalue weighted by Crippen LogP contribution is 2.15. The van der Waals surface area contributed by atoms with Crippen LogP contribution in [0.15, 0.2) is 35.5 Å². The maximum absolute atomic E-state index is 2.40. The lowest BCUT2D eigenvalue weighted by Gasteiger charge is -2.14. The van der Waals surface area contributed by atoms with Gasteiger partial charge in [-0.15, -0.1) is 0 Å². The number of rotatable bonds is 5. The molecule has 0 amide bonds. The van der Waals surface area contributed by atoms with Gasteiger partial charge < -0.3 is 4.90 Å². The molecule has 1 heteroatoms. The van der Waals surface area contributed by atoms with Gasteiger partial charge in [-0.25, -0.2) is 0 Å². The smallest absolute Gasteiger partial charge is 0.00187 e. The Labute approximate surface area is 101 Å². The highest BCUT2D eigenvalue weighted by molar-refractivity contribution is 5.30. The average Bonchev–Trinajstić information content (AvgIpc) is 2.24. The fraction of sp³-hybridized carbons (Fsp3) is 0.600. The Morgan fingerprint density at radius 2 is 2.12 bits per heavy atom. The fourth-order valence-corrected chi connectivity index (χ4v) is 1.92. The van der Waals surface area contributed by atoms with E-state index >= 15 is 0 Å². The number of allylic oxidation sites excluding steroid dienone is 6. The molecule has 0 saturated carbocycles. The van der Waals surface area contributed by atoms with Crippen molar-refractivity contribution >= 4 is 0 Å². The molecule has 0 aromatic heterocycles. The summed E-state index contributed by atoms with van der Waals surface area (Å²) in [5.41, 5.74) is 2.90. The summed E-state index contributed by atoms with van der Waals surface area (Å²) in [5.74, 6) is 0.